The standard InChI is InChI=1S/C14H14O/c15-13-7-3-5-11-9-8-10-4-1-2-6-12(10)14(11)13/h1-2,4,6,8-9,13,15H,3,5,7H2. The molecule has 0 radical (unpaired) electrons. The highest BCUT2D eigenvalue weighted by Crippen LogP contribution is 2.35. The van der Waals surface area contributed by atoms with E-state index in [1.165, 1.54) is 21.9 Å². The fourth-order valence-corrected chi connectivity index (χ4v) is 2.58. The first-order valence-corrected chi connectivity index (χ1v) is 5.55. The molecule has 3 rings (SSSR count). The van der Waals surface area contributed by atoms with Gasteiger partial charge in [0, 0.05) is 0 Å². The lowest BCUT2D eigenvalue weighted by molar-refractivity contribution is 0.158. The zero-order valence-corrected chi connectivity index (χ0v) is 8.61. The molecule has 0 aliphatic heterocycles. The second-order valence-electron chi connectivity index (χ2n) is 4.27. The van der Waals surface area contributed by atoms with E-state index in [0.717, 1.165) is 19.3 Å². The van der Waals surface area contributed by atoms with Gasteiger partial charge in [-0.2, -0.15) is 0 Å². The molecular weight excluding hydrogens is 184 g/mol. The number of aryl methyl sites for hydroxylation is 1. The number of hydrogen-bond acceptors (Lipinski definition) is 1. The summed E-state index contributed by atoms with van der Waals surface area (Å²) in [5.41, 5.74) is 2.49. The van der Waals surface area contributed by atoms with Crippen LogP contribution in [0.25, 0.3) is 10.8 Å². The third kappa shape index (κ3) is 1.35. The molecular formula is C14H14O. The van der Waals surface area contributed by atoms with Crippen molar-refractivity contribution in [1.82, 2.24) is 0 Å². The summed E-state index contributed by atoms with van der Waals surface area (Å²) in [5.74, 6) is 0. The fourth-order valence-electron chi connectivity index (χ4n) is 2.58. The highest BCUT2D eigenvalue weighted by molar-refractivity contribution is 5.87. The largest absolute Gasteiger partial charge is 0.388 e. The summed E-state index contributed by atoms with van der Waals surface area (Å²) < 4.78 is 0. The molecule has 0 aromatic heterocycles. The van der Waals surface area contributed by atoms with E-state index in [1.54, 1.807) is 0 Å². The second kappa shape index (κ2) is 3.35. The van der Waals surface area contributed by atoms with E-state index in [4.69, 9.17) is 0 Å². The molecule has 1 unspecified atom stereocenters. The van der Waals surface area contributed by atoms with Crippen molar-refractivity contribution in [2.75, 3.05) is 0 Å². The summed E-state index contributed by atoms with van der Waals surface area (Å²) in [7, 11) is 0. The summed E-state index contributed by atoms with van der Waals surface area (Å²) in [6.45, 7) is 0. The Morgan fingerprint density at radius 2 is 1.93 bits per heavy atom. The van der Waals surface area contributed by atoms with Gasteiger partial charge >= 0.3 is 0 Å². The van der Waals surface area contributed by atoms with Crippen molar-refractivity contribution in [3.8, 4) is 0 Å². The van der Waals surface area contributed by atoms with Crippen molar-refractivity contribution < 1.29 is 5.11 Å². The van der Waals surface area contributed by atoms with Crippen LogP contribution < -0.4 is 0 Å². The molecule has 0 heterocycles. The van der Waals surface area contributed by atoms with Gasteiger partial charge in [-0.15, -0.1) is 0 Å². The van der Waals surface area contributed by atoms with Crippen molar-refractivity contribution in [3.63, 3.8) is 0 Å². The third-order valence-corrected chi connectivity index (χ3v) is 3.32. The van der Waals surface area contributed by atoms with E-state index < -0.39 is 0 Å². The van der Waals surface area contributed by atoms with Crippen molar-refractivity contribution in [3.05, 3.63) is 47.5 Å². The molecule has 1 N–H and O–H groups in total. The first-order chi connectivity index (χ1) is 7.36. The Hall–Kier alpha value is -1.34. The van der Waals surface area contributed by atoms with Crippen LogP contribution in [-0.2, 0) is 6.42 Å². The van der Waals surface area contributed by atoms with Crippen LogP contribution in [0.1, 0.15) is 30.1 Å². The highest BCUT2D eigenvalue weighted by atomic mass is 16.3. The second-order valence-corrected chi connectivity index (χ2v) is 4.27. The van der Waals surface area contributed by atoms with E-state index in [2.05, 4.69) is 24.3 Å². The van der Waals surface area contributed by atoms with Crippen molar-refractivity contribution in [2.24, 2.45) is 0 Å². The number of hydrogen-bond donors (Lipinski definition) is 1. The fraction of sp³-hybridized carbons (Fsp3) is 0.286. The van der Waals surface area contributed by atoms with Gasteiger partial charge < -0.3 is 5.11 Å². The maximum absolute atomic E-state index is 10.1. The predicted molar refractivity (Wildman–Crippen MR) is 61.8 cm³/mol. The summed E-state index contributed by atoms with van der Waals surface area (Å²) in [5, 5.41) is 12.5. The molecule has 1 aliphatic rings. The Labute approximate surface area is 89.4 Å². The monoisotopic (exact) mass is 198 g/mol. The molecule has 0 fully saturated rings. The predicted octanol–water partition coefficient (Wildman–Crippen LogP) is 3.21. The van der Waals surface area contributed by atoms with Gasteiger partial charge in [0.15, 0.2) is 0 Å². The normalized spacial score (nSPS) is 20.2. The molecule has 2 aromatic carbocycles. The van der Waals surface area contributed by atoms with Gasteiger partial charge in [-0.05, 0) is 41.2 Å². The SMILES string of the molecule is OC1CCCc2ccc3ccccc3c21. The summed E-state index contributed by atoms with van der Waals surface area (Å²) >= 11 is 0. The molecule has 2 aromatic rings. The lowest BCUT2D eigenvalue weighted by Crippen LogP contribution is -2.09. The van der Waals surface area contributed by atoms with Crippen LogP contribution in [0, 0.1) is 0 Å². The van der Waals surface area contributed by atoms with Gasteiger partial charge in [0.1, 0.15) is 0 Å². The van der Waals surface area contributed by atoms with Crippen LogP contribution in [0.5, 0.6) is 0 Å². The van der Waals surface area contributed by atoms with Crippen molar-refractivity contribution in [2.45, 2.75) is 25.4 Å². The smallest absolute Gasteiger partial charge is 0.0798 e. The van der Waals surface area contributed by atoms with Gasteiger partial charge in [0.05, 0.1) is 6.10 Å². The van der Waals surface area contributed by atoms with Gasteiger partial charge in [0.25, 0.3) is 0 Å². The Morgan fingerprint density at radius 1 is 1.07 bits per heavy atom. The molecule has 15 heavy (non-hydrogen) atoms. The number of rotatable bonds is 0. The topological polar surface area (TPSA) is 20.2 Å². The van der Waals surface area contributed by atoms with Crippen LogP contribution in [0.15, 0.2) is 36.4 Å². The van der Waals surface area contributed by atoms with Gasteiger partial charge in [-0.1, -0.05) is 36.4 Å². The molecule has 0 spiro atoms. The van der Waals surface area contributed by atoms with Gasteiger partial charge in [0.2, 0.25) is 0 Å². The lowest BCUT2D eigenvalue weighted by Gasteiger charge is -2.23. The molecule has 1 nitrogen and oxygen atoms in total. The molecule has 0 saturated heterocycles. The summed E-state index contributed by atoms with van der Waals surface area (Å²) in [6.07, 6.45) is 2.85. The first kappa shape index (κ1) is 8.93. The minimum atomic E-state index is -0.264. The maximum Gasteiger partial charge on any atom is 0.0798 e. The van der Waals surface area contributed by atoms with Gasteiger partial charge in [-0.25, -0.2) is 0 Å². The Morgan fingerprint density at radius 3 is 2.87 bits per heavy atom. The molecule has 76 valence electrons. The quantitative estimate of drug-likeness (QED) is 0.689. The van der Waals surface area contributed by atoms with Crippen LogP contribution >= 0.6 is 0 Å². The Balaban J connectivity index is 2.35. The lowest BCUT2D eigenvalue weighted by atomic mass is 9.86. The van der Waals surface area contributed by atoms with Crippen molar-refractivity contribution in [1.29, 1.82) is 0 Å². The molecule has 0 bridgehead atoms. The minimum absolute atomic E-state index is 0.264. The average molecular weight is 198 g/mol. The molecule has 1 atom stereocenters. The first-order valence-electron chi connectivity index (χ1n) is 5.55. The third-order valence-electron chi connectivity index (χ3n) is 3.32. The van der Waals surface area contributed by atoms with E-state index >= 15 is 0 Å². The van der Waals surface area contributed by atoms with Crippen molar-refractivity contribution >= 4 is 10.8 Å². The maximum atomic E-state index is 10.1. The van der Waals surface area contributed by atoms with Crippen LogP contribution in [-0.4, -0.2) is 5.11 Å². The molecule has 0 amide bonds. The van der Waals surface area contributed by atoms with E-state index in [-0.39, 0.29) is 6.10 Å². The Kier molecular flexibility index (Phi) is 2.00. The van der Waals surface area contributed by atoms with E-state index in [0.29, 0.717) is 0 Å². The van der Waals surface area contributed by atoms with Crippen LogP contribution in [0.3, 0.4) is 0 Å². The molecule has 1 heteroatoms. The zero-order valence-electron chi connectivity index (χ0n) is 8.61. The highest BCUT2D eigenvalue weighted by Gasteiger charge is 2.19. The van der Waals surface area contributed by atoms with Crippen LogP contribution in [0.2, 0.25) is 0 Å². The summed E-state index contributed by atoms with van der Waals surface area (Å²) in [6, 6.07) is 12.6. The number of aliphatic hydroxyl groups excluding tert-OH is 1. The zero-order chi connectivity index (χ0) is 10.3. The van der Waals surface area contributed by atoms with Crippen LogP contribution in [0.4, 0.5) is 0 Å². The van der Waals surface area contributed by atoms with E-state index in [9.17, 15) is 5.11 Å². The molecule has 1 aliphatic carbocycles. The number of benzene rings is 2. The minimum Gasteiger partial charge on any atom is -0.388 e. The Bertz CT molecular complexity index is 502. The number of fused-ring (bicyclic) bond motifs is 3. The van der Waals surface area contributed by atoms with Gasteiger partial charge in [-0.3, -0.25) is 0 Å². The van der Waals surface area contributed by atoms with E-state index in [1.807, 2.05) is 12.1 Å². The summed E-state index contributed by atoms with van der Waals surface area (Å²) in [4.78, 5) is 0. The number of aliphatic hydroxyl groups is 1. The molecule has 0 saturated carbocycles. The average Bonchev–Trinajstić information content (AvgIpc) is 2.29.